The fraction of sp³-hybridized carbons (Fsp3) is 0.216. The van der Waals surface area contributed by atoms with Gasteiger partial charge in [-0.2, -0.15) is 0 Å². The lowest BCUT2D eigenvalue weighted by Gasteiger charge is -2.24. The van der Waals surface area contributed by atoms with E-state index in [1.165, 1.54) is 0 Å². The van der Waals surface area contributed by atoms with E-state index in [-0.39, 0.29) is 18.4 Å². The number of carbonyl (C=O) groups excluding carboxylic acids is 2. The number of amides is 2. The first-order valence-corrected chi connectivity index (χ1v) is 14.9. The van der Waals surface area contributed by atoms with Crippen molar-refractivity contribution < 1.29 is 19.1 Å². The summed E-state index contributed by atoms with van der Waals surface area (Å²) in [6.07, 6.45) is 1.95. The standard InChI is InChI=1S/C37H37N3O4/c1-4-40(37(42)39-24-26-10-7-6-8-11-26)25-31-23-28(29-15-17-34-30(22-29)12-9-19-38-34)14-16-32(31)33-20-27(13-18-35(33)43-3)21-36(41)44-5-2/h6-20,22-23H,4-5,21,24-25H2,1-3H3,(H,39,42). The molecule has 1 aromatic heterocycles. The molecule has 1 heterocycles. The van der Waals surface area contributed by atoms with E-state index in [4.69, 9.17) is 9.47 Å². The predicted molar refractivity (Wildman–Crippen MR) is 174 cm³/mol. The van der Waals surface area contributed by atoms with Crippen molar-refractivity contribution in [2.75, 3.05) is 20.3 Å². The zero-order valence-electron chi connectivity index (χ0n) is 25.4. The van der Waals surface area contributed by atoms with E-state index in [1.807, 2.05) is 67.6 Å². The van der Waals surface area contributed by atoms with Gasteiger partial charge in [0.05, 0.1) is 25.7 Å². The number of rotatable bonds is 11. The molecule has 0 fully saturated rings. The Balaban J connectivity index is 1.54. The van der Waals surface area contributed by atoms with E-state index < -0.39 is 0 Å². The van der Waals surface area contributed by atoms with Crippen LogP contribution >= 0.6 is 0 Å². The van der Waals surface area contributed by atoms with Crippen molar-refractivity contribution >= 4 is 22.9 Å². The van der Waals surface area contributed by atoms with Crippen LogP contribution in [0.4, 0.5) is 4.79 Å². The summed E-state index contributed by atoms with van der Waals surface area (Å²) in [5.41, 5.74) is 7.60. The number of carbonyl (C=O) groups is 2. The number of nitrogens with zero attached hydrogens (tertiary/aromatic N) is 2. The van der Waals surface area contributed by atoms with E-state index in [9.17, 15) is 9.59 Å². The smallest absolute Gasteiger partial charge is 0.317 e. The summed E-state index contributed by atoms with van der Waals surface area (Å²) in [6, 6.07) is 32.0. The van der Waals surface area contributed by atoms with E-state index >= 15 is 0 Å². The van der Waals surface area contributed by atoms with E-state index in [0.29, 0.717) is 32.0 Å². The van der Waals surface area contributed by atoms with Gasteiger partial charge in [0.1, 0.15) is 5.75 Å². The second-order valence-corrected chi connectivity index (χ2v) is 10.5. The van der Waals surface area contributed by atoms with Crippen molar-refractivity contribution in [2.45, 2.75) is 33.4 Å². The fourth-order valence-corrected chi connectivity index (χ4v) is 5.29. The third-order valence-corrected chi connectivity index (χ3v) is 7.57. The molecule has 0 unspecified atom stereocenters. The van der Waals surface area contributed by atoms with Crippen LogP contribution in [0.1, 0.15) is 30.5 Å². The van der Waals surface area contributed by atoms with Gasteiger partial charge in [0.15, 0.2) is 0 Å². The van der Waals surface area contributed by atoms with Gasteiger partial charge in [0.2, 0.25) is 0 Å². The Morgan fingerprint density at radius 1 is 0.818 bits per heavy atom. The molecule has 5 aromatic rings. The number of ether oxygens (including phenoxy) is 2. The van der Waals surface area contributed by atoms with Crippen LogP contribution in [0.3, 0.4) is 0 Å². The molecule has 0 aliphatic heterocycles. The quantitative estimate of drug-likeness (QED) is 0.163. The molecule has 44 heavy (non-hydrogen) atoms. The number of nitrogens with one attached hydrogen (secondary N) is 1. The highest BCUT2D eigenvalue weighted by atomic mass is 16.5. The second-order valence-electron chi connectivity index (χ2n) is 10.5. The molecule has 0 aliphatic rings. The summed E-state index contributed by atoms with van der Waals surface area (Å²) in [5.74, 6) is 0.400. The maximum absolute atomic E-state index is 13.4. The number of pyridine rings is 1. The summed E-state index contributed by atoms with van der Waals surface area (Å²) in [4.78, 5) is 31.9. The highest BCUT2D eigenvalue weighted by molar-refractivity contribution is 5.86. The zero-order valence-corrected chi connectivity index (χ0v) is 25.4. The summed E-state index contributed by atoms with van der Waals surface area (Å²) >= 11 is 0. The highest BCUT2D eigenvalue weighted by Crippen LogP contribution is 2.37. The normalized spacial score (nSPS) is 10.8. The first kappa shape index (κ1) is 30.3. The van der Waals surface area contributed by atoms with Gasteiger partial charge in [-0.1, -0.05) is 60.7 Å². The minimum atomic E-state index is -0.280. The molecule has 0 atom stereocenters. The van der Waals surface area contributed by atoms with Crippen LogP contribution in [0, 0.1) is 0 Å². The van der Waals surface area contributed by atoms with Crippen LogP contribution in [0.25, 0.3) is 33.2 Å². The van der Waals surface area contributed by atoms with Gasteiger partial charge in [-0.15, -0.1) is 0 Å². The second kappa shape index (κ2) is 14.3. The monoisotopic (exact) mass is 587 g/mol. The number of hydrogen-bond donors (Lipinski definition) is 1. The van der Waals surface area contributed by atoms with Gasteiger partial charge in [0, 0.05) is 36.8 Å². The van der Waals surface area contributed by atoms with Crippen LogP contribution in [0.2, 0.25) is 0 Å². The molecule has 1 N–H and O–H groups in total. The molecule has 7 nitrogen and oxygen atoms in total. The molecule has 2 amide bonds. The number of aromatic nitrogens is 1. The van der Waals surface area contributed by atoms with Crippen LogP contribution < -0.4 is 10.1 Å². The highest BCUT2D eigenvalue weighted by Gasteiger charge is 2.19. The fourth-order valence-electron chi connectivity index (χ4n) is 5.29. The van der Waals surface area contributed by atoms with Crippen LogP contribution in [0.5, 0.6) is 5.75 Å². The molecular formula is C37H37N3O4. The van der Waals surface area contributed by atoms with Gasteiger partial charge >= 0.3 is 12.0 Å². The average molecular weight is 588 g/mol. The molecule has 0 saturated heterocycles. The van der Waals surface area contributed by atoms with Crippen molar-refractivity contribution in [2.24, 2.45) is 0 Å². The third-order valence-electron chi connectivity index (χ3n) is 7.57. The summed E-state index contributed by atoms with van der Waals surface area (Å²) in [7, 11) is 1.64. The molecule has 0 bridgehead atoms. The van der Waals surface area contributed by atoms with Crippen molar-refractivity contribution in [1.82, 2.24) is 15.2 Å². The molecular weight excluding hydrogens is 550 g/mol. The Bertz CT molecular complexity index is 1750. The van der Waals surface area contributed by atoms with Crippen molar-refractivity contribution in [3.05, 3.63) is 120 Å². The molecule has 0 spiro atoms. The lowest BCUT2D eigenvalue weighted by molar-refractivity contribution is -0.142. The van der Waals surface area contributed by atoms with E-state index in [0.717, 1.165) is 49.8 Å². The van der Waals surface area contributed by atoms with Crippen molar-refractivity contribution in [3.8, 4) is 28.0 Å². The van der Waals surface area contributed by atoms with E-state index in [1.54, 1.807) is 25.1 Å². The van der Waals surface area contributed by atoms with Gasteiger partial charge in [-0.05, 0) is 83.6 Å². The van der Waals surface area contributed by atoms with Gasteiger partial charge in [0.25, 0.3) is 0 Å². The molecule has 0 radical (unpaired) electrons. The SMILES string of the molecule is CCOC(=O)Cc1ccc(OC)c(-c2ccc(-c3ccc4ncccc4c3)cc2CN(CC)C(=O)NCc2ccccc2)c1. The van der Waals surface area contributed by atoms with Crippen molar-refractivity contribution in [3.63, 3.8) is 0 Å². The maximum Gasteiger partial charge on any atom is 0.317 e. The molecule has 7 heteroatoms. The summed E-state index contributed by atoms with van der Waals surface area (Å²) in [6.45, 7) is 5.44. The first-order valence-electron chi connectivity index (χ1n) is 14.9. The van der Waals surface area contributed by atoms with E-state index in [2.05, 4.69) is 46.7 Å². The average Bonchev–Trinajstić information content (AvgIpc) is 3.06. The number of hydrogen-bond acceptors (Lipinski definition) is 5. The number of urea groups is 1. The first-order chi connectivity index (χ1) is 21.5. The minimum Gasteiger partial charge on any atom is -0.496 e. The Morgan fingerprint density at radius 2 is 1.61 bits per heavy atom. The lowest BCUT2D eigenvalue weighted by Crippen LogP contribution is -2.39. The largest absolute Gasteiger partial charge is 0.496 e. The summed E-state index contributed by atoms with van der Waals surface area (Å²) < 4.78 is 11.0. The van der Waals surface area contributed by atoms with Crippen LogP contribution in [0.15, 0.2) is 103 Å². The Labute approximate surface area is 258 Å². The number of methoxy groups -OCH3 is 1. The molecule has 0 aliphatic carbocycles. The van der Waals surface area contributed by atoms with Crippen molar-refractivity contribution in [1.29, 1.82) is 0 Å². The van der Waals surface area contributed by atoms with Gasteiger partial charge in [-0.25, -0.2) is 4.79 Å². The lowest BCUT2D eigenvalue weighted by atomic mass is 9.92. The number of esters is 1. The summed E-state index contributed by atoms with van der Waals surface area (Å²) in [5, 5.41) is 4.12. The maximum atomic E-state index is 13.4. The Hall–Kier alpha value is -5.17. The van der Waals surface area contributed by atoms with Gasteiger partial charge in [-0.3, -0.25) is 9.78 Å². The zero-order chi connectivity index (χ0) is 30.9. The Morgan fingerprint density at radius 3 is 2.39 bits per heavy atom. The van der Waals surface area contributed by atoms with Gasteiger partial charge < -0.3 is 19.7 Å². The Kier molecular flexibility index (Phi) is 9.87. The third kappa shape index (κ3) is 7.24. The number of fused-ring (bicyclic) bond motifs is 1. The molecule has 224 valence electrons. The molecule has 0 saturated carbocycles. The van der Waals surface area contributed by atoms with Crippen LogP contribution in [-0.2, 0) is 29.0 Å². The minimum absolute atomic E-state index is 0.146. The molecule has 5 rings (SSSR count). The van der Waals surface area contributed by atoms with Crippen LogP contribution in [-0.4, -0.2) is 42.1 Å². The predicted octanol–water partition coefficient (Wildman–Crippen LogP) is 7.41. The number of benzene rings is 4. The topological polar surface area (TPSA) is 80.8 Å². The molecule has 4 aromatic carbocycles.